The first-order valence-electron chi connectivity index (χ1n) is 7.68. The van der Waals surface area contributed by atoms with Gasteiger partial charge in [0.25, 0.3) is 11.8 Å². The molecule has 5 nitrogen and oxygen atoms in total. The van der Waals surface area contributed by atoms with Gasteiger partial charge in [0.1, 0.15) is 12.6 Å². The van der Waals surface area contributed by atoms with E-state index in [-0.39, 0.29) is 6.54 Å². The molecule has 0 spiro atoms. The number of carbonyl (C=O) groups is 3. The summed E-state index contributed by atoms with van der Waals surface area (Å²) in [5, 5.41) is 0. The van der Waals surface area contributed by atoms with E-state index in [0.717, 1.165) is 16.0 Å². The van der Waals surface area contributed by atoms with Gasteiger partial charge in [0.2, 0.25) is 0 Å². The van der Waals surface area contributed by atoms with Crippen LogP contribution in [0.3, 0.4) is 0 Å². The topological polar surface area (TPSA) is 63.7 Å². The smallest absolute Gasteiger partial charge is 0.326 e. The van der Waals surface area contributed by atoms with Crippen molar-refractivity contribution in [3.8, 4) is 0 Å². The van der Waals surface area contributed by atoms with Gasteiger partial charge in [-0.2, -0.15) is 0 Å². The van der Waals surface area contributed by atoms with Crippen LogP contribution in [0.1, 0.15) is 44.9 Å². The molecule has 3 rings (SSSR count). The van der Waals surface area contributed by atoms with Gasteiger partial charge in [0, 0.05) is 0 Å². The van der Waals surface area contributed by atoms with Crippen LogP contribution in [0.25, 0.3) is 0 Å². The molecular formula is C19H17NO4. The lowest BCUT2D eigenvalue weighted by Gasteiger charge is -2.17. The molecule has 1 atom stereocenters. The Kier molecular flexibility index (Phi) is 4.16. The Labute approximate surface area is 139 Å². The molecule has 0 N–H and O–H groups in total. The van der Waals surface area contributed by atoms with E-state index in [1.165, 1.54) is 0 Å². The third kappa shape index (κ3) is 2.93. The Morgan fingerprint density at radius 3 is 2.08 bits per heavy atom. The van der Waals surface area contributed by atoms with Gasteiger partial charge >= 0.3 is 5.97 Å². The molecule has 0 fully saturated rings. The molecule has 0 aliphatic carbocycles. The molecule has 2 aromatic carbocycles. The number of hydrogen-bond donors (Lipinski definition) is 0. The molecule has 0 radical (unpaired) electrons. The first-order chi connectivity index (χ1) is 11.5. The second-order valence-corrected chi connectivity index (χ2v) is 5.78. The quantitative estimate of drug-likeness (QED) is 0.641. The van der Waals surface area contributed by atoms with Crippen molar-refractivity contribution in [1.29, 1.82) is 0 Å². The van der Waals surface area contributed by atoms with Crippen molar-refractivity contribution in [1.82, 2.24) is 4.90 Å². The number of hydrogen-bond acceptors (Lipinski definition) is 4. The fourth-order valence-electron chi connectivity index (χ4n) is 2.65. The van der Waals surface area contributed by atoms with Gasteiger partial charge in [-0.15, -0.1) is 0 Å². The second kappa shape index (κ2) is 6.28. The molecule has 2 aromatic rings. The van der Waals surface area contributed by atoms with E-state index in [4.69, 9.17) is 4.74 Å². The zero-order valence-corrected chi connectivity index (χ0v) is 13.5. The lowest BCUT2D eigenvalue weighted by molar-refractivity contribution is -0.148. The van der Waals surface area contributed by atoms with E-state index < -0.39 is 23.9 Å². The van der Waals surface area contributed by atoms with Gasteiger partial charge < -0.3 is 4.74 Å². The van der Waals surface area contributed by atoms with E-state index in [1.807, 2.05) is 31.2 Å². The summed E-state index contributed by atoms with van der Waals surface area (Å²) in [6.45, 7) is 3.34. The van der Waals surface area contributed by atoms with Crippen LogP contribution in [0.15, 0.2) is 48.5 Å². The van der Waals surface area contributed by atoms with Crippen LogP contribution in [-0.4, -0.2) is 29.2 Å². The minimum Gasteiger partial charge on any atom is -0.456 e. The summed E-state index contributed by atoms with van der Waals surface area (Å²) in [7, 11) is 0. The van der Waals surface area contributed by atoms with E-state index in [9.17, 15) is 14.4 Å². The van der Waals surface area contributed by atoms with Crippen molar-refractivity contribution in [2.45, 2.75) is 20.0 Å². The average Bonchev–Trinajstić information content (AvgIpc) is 2.81. The van der Waals surface area contributed by atoms with Crippen LogP contribution in [-0.2, 0) is 9.53 Å². The number of aryl methyl sites for hydroxylation is 1. The van der Waals surface area contributed by atoms with Gasteiger partial charge in [-0.25, -0.2) is 0 Å². The van der Waals surface area contributed by atoms with Crippen molar-refractivity contribution in [2.75, 3.05) is 6.54 Å². The van der Waals surface area contributed by atoms with E-state index in [1.54, 1.807) is 31.2 Å². The Morgan fingerprint density at radius 2 is 1.54 bits per heavy atom. The predicted octanol–water partition coefficient (Wildman–Crippen LogP) is 2.90. The average molecular weight is 323 g/mol. The number of nitrogens with zero attached hydrogens (tertiary/aromatic N) is 1. The Bertz CT molecular complexity index is 775. The van der Waals surface area contributed by atoms with Crippen molar-refractivity contribution in [3.63, 3.8) is 0 Å². The summed E-state index contributed by atoms with van der Waals surface area (Å²) in [5.74, 6) is -1.54. The minimum atomic E-state index is -0.613. The lowest BCUT2D eigenvalue weighted by Crippen LogP contribution is -2.35. The second-order valence-electron chi connectivity index (χ2n) is 5.78. The molecule has 1 aliphatic rings. The van der Waals surface area contributed by atoms with Gasteiger partial charge in [-0.3, -0.25) is 19.3 Å². The van der Waals surface area contributed by atoms with Crippen LogP contribution >= 0.6 is 0 Å². The maximum absolute atomic E-state index is 12.2. The van der Waals surface area contributed by atoms with Crippen LogP contribution in [0, 0.1) is 6.92 Å². The first-order valence-corrected chi connectivity index (χ1v) is 7.68. The van der Waals surface area contributed by atoms with Crippen LogP contribution in [0.4, 0.5) is 0 Å². The number of rotatable bonds is 4. The molecule has 5 heteroatoms. The van der Waals surface area contributed by atoms with Crippen LogP contribution in [0.2, 0.25) is 0 Å². The van der Waals surface area contributed by atoms with E-state index >= 15 is 0 Å². The fourth-order valence-corrected chi connectivity index (χ4v) is 2.65. The van der Waals surface area contributed by atoms with Crippen LogP contribution in [0.5, 0.6) is 0 Å². The highest BCUT2D eigenvalue weighted by Gasteiger charge is 2.36. The first kappa shape index (κ1) is 15.9. The molecule has 24 heavy (non-hydrogen) atoms. The largest absolute Gasteiger partial charge is 0.456 e. The number of ether oxygens (including phenoxy) is 1. The summed E-state index contributed by atoms with van der Waals surface area (Å²) in [4.78, 5) is 37.5. The Hall–Kier alpha value is -2.95. The number of carbonyl (C=O) groups excluding carboxylic acids is 3. The van der Waals surface area contributed by atoms with Crippen molar-refractivity contribution >= 4 is 17.8 Å². The predicted molar refractivity (Wildman–Crippen MR) is 87.5 cm³/mol. The third-order valence-electron chi connectivity index (χ3n) is 4.02. The van der Waals surface area contributed by atoms with Gasteiger partial charge in [-0.1, -0.05) is 42.0 Å². The summed E-state index contributed by atoms with van der Waals surface area (Å²) in [6, 6.07) is 14.2. The van der Waals surface area contributed by atoms with Gasteiger partial charge in [-0.05, 0) is 31.5 Å². The SMILES string of the molecule is Cc1ccc([C@H](C)OC(=O)CN2C(=O)c3ccccc3C2=O)cc1. The zero-order chi connectivity index (χ0) is 17.3. The summed E-state index contributed by atoms with van der Waals surface area (Å²) in [5.41, 5.74) is 2.61. The maximum Gasteiger partial charge on any atom is 0.326 e. The van der Waals surface area contributed by atoms with E-state index in [0.29, 0.717) is 11.1 Å². The van der Waals surface area contributed by atoms with Gasteiger partial charge in [0.05, 0.1) is 11.1 Å². The highest BCUT2D eigenvalue weighted by Crippen LogP contribution is 2.23. The molecule has 0 aromatic heterocycles. The van der Waals surface area contributed by atoms with Gasteiger partial charge in [0.15, 0.2) is 0 Å². The van der Waals surface area contributed by atoms with E-state index in [2.05, 4.69) is 0 Å². The molecule has 0 saturated heterocycles. The summed E-state index contributed by atoms with van der Waals surface area (Å²) >= 11 is 0. The standard InChI is InChI=1S/C19H17NO4/c1-12-7-9-14(10-8-12)13(2)24-17(21)11-20-18(22)15-5-3-4-6-16(15)19(20)23/h3-10,13H,11H2,1-2H3/t13-/m0/s1. The zero-order valence-electron chi connectivity index (χ0n) is 13.5. The molecule has 1 heterocycles. The third-order valence-corrected chi connectivity index (χ3v) is 4.02. The molecule has 0 bridgehead atoms. The highest BCUT2D eigenvalue weighted by atomic mass is 16.5. The number of esters is 1. The normalized spacial score (nSPS) is 14.5. The highest BCUT2D eigenvalue weighted by molar-refractivity contribution is 6.22. The summed E-state index contributed by atoms with van der Waals surface area (Å²) in [6.07, 6.45) is -0.451. The number of fused-ring (bicyclic) bond motifs is 1. The number of imide groups is 1. The monoisotopic (exact) mass is 323 g/mol. The molecular weight excluding hydrogens is 306 g/mol. The summed E-state index contributed by atoms with van der Waals surface area (Å²) < 4.78 is 5.35. The lowest BCUT2D eigenvalue weighted by atomic mass is 10.1. The molecule has 0 saturated carbocycles. The Morgan fingerprint density at radius 1 is 1.00 bits per heavy atom. The number of benzene rings is 2. The Balaban J connectivity index is 1.66. The minimum absolute atomic E-state index is 0.321. The van der Waals surface area contributed by atoms with Crippen molar-refractivity contribution in [3.05, 3.63) is 70.8 Å². The maximum atomic E-state index is 12.2. The fraction of sp³-hybridized carbons (Fsp3) is 0.211. The molecule has 0 unspecified atom stereocenters. The molecule has 1 aliphatic heterocycles. The molecule has 2 amide bonds. The van der Waals surface area contributed by atoms with Crippen LogP contribution < -0.4 is 0 Å². The number of amides is 2. The van der Waals surface area contributed by atoms with Crippen molar-refractivity contribution < 1.29 is 19.1 Å². The van der Waals surface area contributed by atoms with Crippen molar-refractivity contribution in [2.24, 2.45) is 0 Å². The molecule has 122 valence electrons.